The van der Waals surface area contributed by atoms with Crippen LogP contribution in [-0.2, 0) is 0 Å². The molecule has 0 aromatic heterocycles. The highest BCUT2D eigenvalue weighted by atomic mass is 16.5. The van der Waals surface area contributed by atoms with E-state index in [9.17, 15) is 10.2 Å². The summed E-state index contributed by atoms with van der Waals surface area (Å²) in [6.45, 7) is 0. The van der Waals surface area contributed by atoms with Gasteiger partial charge >= 0.3 is 0 Å². The van der Waals surface area contributed by atoms with E-state index >= 15 is 0 Å². The fraction of sp³-hybridized carbons (Fsp3) is 0.167. The van der Waals surface area contributed by atoms with Crippen LogP contribution < -0.4 is 0 Å². The lowest BCUT2D eigenvalue weighted by Gasteiger charge is -2.27. The summed E-state index contributed by atoms with van der Waals surface area (Å²) in [4.78, 5) is 4.39. The van der Waals surface area contributed by atoms with E-state index in [0.29, 0.717) is 0 Å². The molecule has 21 heavy (non-hydrogen) atoms. The van der Waals surface area contributed by atoms with Crippen LogP contribution in [0.25, 0.3) is 0 Å². The lowest BCUT2D eigenvalue weighted by Crippen LogP contribution is -2.33. The fourth-order valence-electron chi connectivity index (χ4n) is 2.67. The molecule has 1 aliphatic heterocycles. The molecule has 0 amide bonds. The van der Waals surface area contributed by atoms with Crippen LogP contribution in [0.1, 0.15) is 23.5 Å². The minimum atomic E-state index is -1.82. The summed E-state index contributed by atoms with van der Waals surface area (Å²) in [7, 11) is 0. The highest BCUT2D eigenvalue weighted by Gasteiger charge is 2.30. The Bertz CT molecular complexity index is 621. The summed E-state index contributed by atoms with van der Waals surface area (Å²) in [6.07, 6.45) is 2.89. The first kappa shape index (κ1) is 13.7. The summed E-state index contributed by atoms with van der Waals surface area (Å²) < 4.78 is 0. The number of aliphatic hydroxyl groups is 2. The van der Waals surface area contributed by atoms with Gasteiger partial charge < -0.3 is 10.2 Å². The number of hydrogen-bond donors (Lipinski definition) is 2. The van der Waals surface area contributed by atoms with Gasteiger partial charge in [0.25, 0.3) is 0 Å². The molecule has 0 saturated carbocycles. The Balaban J connectivity index is 2.06. The second-order valence-electron chi connectivity index (χ2n) is 5.25. The van der Waals surface area contributed by atoms with Crippen LogP contribution in [-0.4, -0.2) is 21.7 Å². The predicted octanol–water partition coefficient (Wildman–Crippen LogP) is 2.86. The molecule has 2 N–H and O–H groups in total. The predicted molar refractivity (Wildman–Crippen MR) is 83.1 cm³/mol. The monoisotopic (exact) mass is 279 g/mol. The molecule has 0 radical (unpaired) electrons. The van der Waals surface area contributed by atoms with E-state index in [1.165, 1.54) is 12.3 Å². The van der Waals surface area contributed by atoms with Crippen molar-refractivity contribution >= 4 is 5.71 Å². The number of rotatable bonds is 3. The molecule has 0 saturated heterocycles. The molecular formula is C18H17NO2. The summed E-state index contributed by atoms with van der Waals surface area (Å²) >= 11 is 0. The molecule has 0 atom stereocenters. The molecule has 0 fully saturated rings. The molecule has 2 aromatic carbocycles. The first-order chi connectivity index (χ1) is 10.2. The quantitative estimate of drug-likeness (QED) is 0.849. The van der Waals surface area contributed by atoms with Crippen LogP contribution in [0.3, 0.4) is 0 Å². The van der Waals surface area contributed by atoms with Gasteiger partial charge in [-0.3, -0.25) is 4.99 Å². The van der Waals surface area contributed by atoms with Gasteiger partial charge in [0.15, 0.2) is 5.79 Å². The highest BCUT2D eigenvalue weighted by molar-refractivity contribution is 5.95. The maximum atomic E-state index is 9.88. The van der Waals surface area contributed by atoms with Crippen LogP contribution in [0.5, 0.6) is 0 Å². The average Bonchev–Trinajstić information content (AvgIpc) is 2.49. The van der Waals surface area contributed by atoms with Gasteiger partial charge in [0.05, 0.1) is 0 Å². The van der Waals surface area contributed by atoms with Gasteiger partial charge in [-0.1, -0.05) is 60.7 Å². The first-order valence-electron chi connectivity index (χ1n) is 6.95. The molecule has 1 heterocycles. The van der Waals surface area contributed by atoms with Crippen LogP contribution >= 0.6 is 0 Å². The maximum absolute atomic E-state index is 9.88. The maximum Gasteiger partial charge on any atom is 0.189 e. The van der Waals surface area contributed by atoms with E-state index in [-0.39, 0.29) is 12.3 Å². The molecule has 3 nitrogen and oxygen atoms in total. The second kappa shape index (κ2) is 5.64. The summed E-state index contributed by atoms with van der Waals surface area (Å²) in [5.74, 6) is -1.89. The molecule has 106 valence electrons. The van der Waals surface area contributed by atoms with E-state index in [4.69, 9.17) is 0 Å². The standard InChI is InChI=1S/C18H17NO2/c20-18(21)11-12-19-16(13-18)17(14-7-3-1-4-8-14)15-9-5-2-6-10-15/h1-12,17,20-21H,13H2. The van der Waals surface area contributed by atoms with Crippen LogP contribution in [0.4, 0.5) is 0 Å². The van der Waals surface area contributed by atoms with Crippen molar-refractivity contribution in [1.82, 2.24) is 0 Å². The zero-order valence-electron chi connectivity index (χ0n) is 11.6. The lowest BCUT2D eigenvalue weighted by molar-refractivity contribution is -0.112. The number of nitrogens with zero attached hydrogens (tertiary/aromatic N) is 1. The summed E-state index contributed by atoms with van der Waals surface area (Å²) in [5, 5.41) is 19.8. The summed E-state index contributed by atoms with van der Waals surface area (Å²) in [5.41, 5.74) is 2.93. The third-order valence-corrected chi connectivity index (χ3v) is 3.62. The Morgan fingerprint density at radius 2 is 1.38 bits per heavy atom. The van der Waals surface area contributed by atoms with Crippen molar-refractivity contribution in [2.75, 3.05) is 0 Å². The van der Waals surface area contributed by atoms with E-state index < -0.39 is 5.79 Å². The number of benzene rings is 2. The molecule has 2 aromatic rings. The van der Waals surface area contributed by atoms with Crippen molar-refractivity contribution in [2.45, 2.75) is 18.1 Å². The van der Waals surface area contributed by atoms with Crippen molar-refractivity contribution in [1.29, 1.82) is 0 Å². The van der Waals surface area contributed by atoms with Gasteiger partial charge in [-0.2, -0.15) is 0 Å². The Hall–Kier alpha value is -2.23. The number of hydrogen-bond acceptors (Lipinski definition) is 3. The molecule has 0 aliphatic carbocycles. The molecule has 0 bridgehead atoms. The van der Waals surface area contributed by atoms with Crippen molar-refractivity contribution < 1.29 is 10.2 Å². The molecule has 0 unspecified atom stereocenters. The van der Waals surface area contributed by atoms with E-state index in [2.05, 4.69) is 4.99 Å². The van der Waals surface area contributed by atoms with Gasteiger partial charge in [-0.05, 0) is 17.2 Å². The Morgan fingerprint density at radius 1 is 0.857 bits per heavy atom. The van der Waals surface area contributed by atoms with Gasteiger partial charge in [0, 0.05) is 24.3 Å². The fourth-order valence-corrected chi connectivity index (χ4v) is 2.67. The zero-order valence-corrected chi connectivity index (χ0v) is 11.6. The number of aliphatic imine (C=N–C) groups is 1. The zero-order chi connectivity index (χ0) is 14.7. The largest absolute Gasteiger partial charge is 0.362 e. The molecule has 3 rings (SSSR count). The molecule has 3 heteroatoms. The first-order valence-corrected chi connectivity index (χ1v) is 6.95. The summed E-state index contributed by atoms with van der Waals surface area (Å²) in [6, 6.07) is 20.0. The lowest BCUT2D eigenvalue weighted by atomic mass is 9.83. The smallest absolute Gasteiger partial charge is 0.189 e. The van der Waals surface area contributed by atoms with E-state index in [1.807, 2.05) is 60.7 Å². The van der Waals surface area contributed by atoms with Crippen LogP contribution in [0, 0.1) is 0 Å². The van der Waals surface area contributed by atoms with Gasteiger partial charge in [-0.25, -0.2) is 0 Å². The minimum Gasteiger partial charge on any atom is -0.362 e. The minimum absolute atomic E-state index is 0.0731. The van der Waals surface area contributed by atoms with Crippen LogP contribution in [0.15, 0.2) is 77.9 Å². The normalized spacial score (nSPS) is 16.8. The average molecular weight is 279 g/mol. The Morgan fingerprint density at radius 3 is 1.86 bits per heavy atom. The van der Waals surface area contributed by atoms with E-state index in [1.54, 1.807) is 0 Å². The topological polar surface area (TPSA) is 52.8 Å². The van der Waals surface area contributed by atoms with Crippen LogP contribution in [0.2, 0.25) is 0 Å². The SMILES string of the molecule is OC1(O)C=CN=C(C(c2ccccc2)c2ccccc2)C1. The van der Waals surface area contributed by atoms with Crippen molar-refractivity contribution in [2.24, 2.45) is 4.99 Å². The molecule has 0 spiro atoms. The Kier molecular flexibility index (Phi) is 3.69. The van der Waals surface area contributed by atoms with Gasteiger partial charge in [-0.15, -0.1) is 0 Å². The highest BCUT2D eigenvalue weighted by Crippen LogP contribution is 2.31. The van der Waals surface area contributed by atoms with Crippen molar-refractivity contribution in [3.63, 3.8) is 0 Å². The molecule has 1 aliphatic rings. The third kappa shape index (κ3) is 3.10. The Labute approximate surface area is 123 Å². The van der Waals surface area contributed by atoms with Gasteiger partial charge in [0.1, 0.15) is 0 Å². The van der Waals surface area contributed by atoms with E-state index in [0.717, 1.165) is 16.8 Å². The van der Waals surface area contributed by atoms with Crippen molar-refractivity contribution in [3.8, 4) is 0 Å². The van der Waals surface area contributed by atoms with Crippen molar-refractivity contribution in [3.05, 3.63) is 84.1 Å². The third-order valence-electron chi connectivity index (χ3n) is 3.62. The van der Waals surface area contributed by atoms with Gasteiger partial charge in [0.2, 0.25) is 0 Å². The second-order valence-corrected chi connectivity index (χ2v) is 5.25. The molecular weight excluding hydrogens is 262 g/mol.